The van der Waals surface area contributed by atoms with Crippen LogP contribution < -0.4 is 0 Å². The summed E-state index contributed by atoms with van der Waals surface area (Å²) in [6, 6.07) is 5.46. The highest BCUT2D eigenvalue weighted by atomic mass is 35.5. The second-order valence-corrected chi connectivity index (χ2v) is 5.00. The Labute approximate surface area is 114 Å². The molecule has 0 spiro atoms. The van der Waals surface area contributed by atoms with Crippen molar-refractivity contribution in [3.05, 3.63) is 34.1 Å². The number of aromatic nitrogens is 2. The van der Waals surface area contributed by atoms with Gasteiger partial charge in [0.15, 0.2) is 0 Å². The number of hydrazone groups is 1. The molecular formula is C12H10Cl2N4. The third-order valence-corrected chi connectivity index (χ3v) is 3.43. The number of halogens is 2. The summed E-state index contributed by atoms with van der Waals surface area (Å²) in [6.07, 6.45) is 1.87. The molecule has 0 fully saturated rings. The lowest BCUT2D eigenvalue weighted by Crippen LogP contribution is -2.12. The van der Waals surface area contributed by atoms with E-state index in [2.05, 4.69) is 15.1 Å². The van der Waals surface area contributed by atoms with Gasteiger partial charge in [0.1, 0.15) is 10.3 Å². The van der Waals surface area contributed by atoms with Gasteiger partial charge in [0.2, 0.25) is 0 Å². The van der Waals surface area contributed by atoms with Gasteiger partial charge >= 0.3 is 0 Å². The van der Waals surface area contributed by atoms with Gasteiger partial charge in [-0.15, -0.1) is 0 Å². The van der Waals surface area contributed by atoms with Crippen molar-refractivity contribution in [3.8, 4) is 0 Å². The predicted octanol–water partition coefficient (Wildman–Crippen LogP) is 2.95. The highest BCUT2D eigenvalue weighted by Gasteiger charge is 2.20. The lowest BCUT2D eigenvalue weighted by molar-refractivity contribution is 0.381. The number of likely N-dealkylation sites (N-methyl/N-ethyl adjacent to an activating group) is 1. The van der Waals surface area contributed by atoms with E-state index >= 15 is 0 Å². The molecule has 4 nitrogen and oxygen atoms in total. The van der Waals surface area contributed by atoms with Gasteiger partial charge in [0.25, 0.3) is 0 Å². The van der Waals surface area contributed by atoms with Crippen molar-refractivity contribution in [1.29, 1.82) is 0 Å². The van der Waals surface area contributed by atoms with E-state index in [9.17, 15) is 0 Å². The molecule has 2 aromatic rings. The fourth-order valence-electron chi connectivity index (χ4n) is 2.03. The monoisotopic (exact) mass is 280 g/mol. The second kappa shape index (κ2) is 4.37. The predicted molar refractivity (Wildman–Crippen MR) is 73.4 cm³/mol. The number of pyridine rings is 2. The summed E-state index contributed by atoms with van der Waals surface area (Å²) in [5, 5.41) is 7.03. The molecular weight excluding hydrogens is 271 g/mol. The van der Waals surface area contributed by atoms with Crippen LogP contribution in [0, 0.1) is 0 Å². The topological polar surface area (TPSA) is 41.4 Å². The molecule has 0 bridgehead atoms. The quantitative estimate of drug-likeness (QED) is 0.755. The summed E-state index contributed by atoms with van der Waals surface area (Å²) < 4.78 is 0. The molecule has 0 N–H and O–H groups in total. The molecule has 1 aliphatic rings. The number of nitrogens with zero attached hydrogens (tertiary/aromatic N) is 4. The minimum Gasteiger partial charge on any atom is -0.299 e. The molecule has 18 heavy (non-hydrogen) atoms. The Balaban J connectivity index is 2.12. The Morgan fingerprint density at radius 1 is 1.22 bits per heavy atom. The largest absolute Gasteiger partial charge is 0.299 e. The minimum atomic E-state index is 0.153. The van der Waals surface area contributed by atoms with E-state index in [1.165, 1.54) is 0 Å². The molecule has 0 radical (unpaired) electrons. The molecule has 2 aromatic heterocycles. The van der Waals surface area contributed by atoms with E-state index in [0.717, 1.165) is 23.1 Å². The van der Waals surface area contributed by atoms with Crippen LogP contribution in [0.25, 0.3) is 11.0 Å². The third-order valence-electron chi connectivity index (χ3n) is 2.92. The van der Waals surface area contributed by atoms with E-state index in [1.807, 2.05) is 30.4 Å². The first-order valence-electron chi connectivity index (χ1n) is 5.51. The second-order valence-electron chi connectivity index (χ2n) is 4.25. The van der Waals surface area contributed by atoms with Crippen LogP contribution >= 0.6 is 23.2 Å². The maximum Gasteiger partial charge on any atom is 0.133 e. The van der Waals surface area contributed by atoms with Crippen molar-refractivity contribution in [2.45, 2.75) is 5.92 Å². The summed E-state index contributed by atoms with van der Waals surface area (Å²) in [6.45, 7) is 0.799. The molecule has 92 valence electrons. The zero-order chi connectivity index (χ0) is 12.7. The van der Waals surface area contributed by atoms with E-state index in [-0.39, 0.29) is 5.92 Å². The Hall–Kier alpha value is -1.39. The maximum atomic E-state index is 6.22. The van der Waals surface area contributed by atoms with Gasteiger partial charge in [0, 0.05) is 31.3 Å². The first-order chi connectivity index (χ1) is 8.63. The Bertz CT molecular complexity index is 641. The van der Waals surface area contributed by atoms with Gasteiger partial charge in [-0.3, -0.25) is 5.01 Å². The first kappa shape index (κ1) is 11.7. The van der Waals surface area contributed by atoms with Crippen LogP contribution in [0.15, 0.2) is 23.3 Å². The van der Waals surface area contributed by atoms with Crippen molar-refractivity contribution in [3.63, 3.8) is 0 Å². The van der Waals surface area contributed by atoms with Crippen molar-refractivity contribution in [2.75, 3.05) is 13.6 Å². The van der Waals surface area contributed by atoms with E-state index < -0.39 is 0 Å². The number of fused-ring (bicyclic) bond motifs is 1. The van der Waals surface area contributed by atoms with E-state index in [4.69, 9.17) is 23.2 Å². The summed E-state index contributed by atoms with van der Waals surface area (Å²) >= 11 is 12.1. The zero-order valence-corrected chi connectivity index (χ0v) is 11.2. The Kier molecular flexibility index (Phi) is 2.84. The van der Waals surface area contributed by atoms with Gasteiger partial charge in [-0.1, -0.05) is 23.2 Å². The van der Waals surface area contributed by atoms with Crippen LogP contribution in [-0.2, 0) is 0 Å². The van der Waals surface area contributed by atoms with Crippen LogP contribution in [0.1, 0.15) is 11.5 Å². The average Bonchev–Trinajstić information content (AvgIpc) is 2.75. The van der Waals surface area contributed by atoms with E-state index in [1.54, 1.807) is 6.07 Å². The summed E-state index contributed by atoms with van der Waals surface area (Å²) in [4.78, 5) is 8.60. The smallest absolute Gasteiger partial charge is 0.133 e. The third kappa shape index (κ3) is 2.02. The molecule has 3 rings (SSSR count). The van der Waals surface area contributed by atoms with Crippen molar-refractivity contribution in [1.82, 2.24) is 15.0 Å². The maximum absolute atomic E-state index is 6.22. The van der Waals surface area contributed by atoms with Crippen LogP contribution in [0.5, 0.6) is 0 Å². The molecule has 0 amide bonds. The van der Waals surface area contributed by atoms with Crippen molar-refractivity contribution < 1.29 is 0 Å². The molecule has 1 atom stereocenters. The lowest BCUT2D eigenvalue weighted by Gasteiger charge is -2.12. The lowest BCUT2D eigenvalue weighted by atomic mass is 10.0. The molecule has 3 heterocycles. The van der Waals surface area contributed by atoms with Crippen LogP contribution in [-0.4, -0.2) is 34.8 Å². The summed E-state index contributed by atoms with van der Waals surface area (Å²) in [5.41, 5.74) is 2.44. The average molecular weight is 281 g/mol. The Morgan fingerprint density at radius 3 is 2.78 bits per heavy atom. The highest BCUT2D eigenvalue weighted by molar-refractivity contribution is 6.31. The summed E-state index contributed by atoms with van der Waals surface area (Å²) in [7, 11) is 1.92. The van der Waals surface area contributed by atoms with Gasteiger partial charge in [-0.25, -0.2) is 9.97 Å². The first-order valence-corrected chi connectivity index (χ1v) is 6.27. The van der Waals surface area contributed by atoms with Crippen molar-refractivity contribution in [2.24, 2.45) is 5.10 Å². The zero-order valence-electron chi connectivity index (χ0n) is 9.64. The molecule has 0 saturated heterocycles. The standard InChI is InChI=1S/C12H10Cl2N4/c1-18-6-7(5-15-18)8-4-10-9(17-12(8)14)2-3-11(13)16-10/h2-5,7H,6H2,1H3. The molecule has 0 aliphatic carbocycles. The van der Waals surface area contributed by atoms with Gasteiger partial charge in [0.05, 0.1) is 11.0 Å². The molecule has 1 unspecified atom stereocenters. The number of hydrogen-bond donors (Lipinski definition) is 0. The van der Waals surface area contributed by atoms with Gasteiger partial charge < -0.3 is 0 Å². The van der Waals surface area contributed by atoms with Crippen LogP contribution in [0.4, 0.5) is 0 Å². The number of hydrogen-bond acceptors (Lipinski definition) is 4. The minimum absolute atomic E-state index is 0.153. The highest BCUT2D eigenvalue weighted by Crippen LogP contribution is 2.28. The molecule has 6 heteroatoms. The number of rotatable bonds is 1. The van der Waals surface area contributed by atoms with Crippen LogP contribution in [0.3, 0.4) is 0 Å². The molecule has 0 saturated carbocycles. The SMILES string of the molecule is CN1CC(c2cc3nc(Cl)ccc3nc2Cl)C=N1. The summed E-state index contributed by atoms with van der Waals surface area (Å²) in [5.74, 6) is 0.153. The van der Waals surface area contributed by atoms with Crippen LogP contribution in [0.2, 0.25) is 10.3 Å². The normalized spacial score (nSPS) is 18.8. The fourth-order valence-corrected chi connectivity index (χ4v) is 2.47. The Morgan fingerprint density at radius 2 is 2.06 bits per heavy atom. The van der Waals surface area contributed by atoms with Crippen molar-refractivity contribution >= 4 is 40.4 Å². The fraction of sp³-hybridized carbons (Fsp3) is 0.250. The molecule has 1 aliphatic heterocycles. The van der Waals surface area contributed by atoms with E-state index in [0.29, 0.717) is 10.3 Å². The van der Waals surface area contributed by atoms with Gasteiger partial charge in [-0.2, -0.15) is 5.10 Å². The van der Waals surface area contributed by atoms with Gasteiger partial charge in [-0.05, 0) is 18.2 Å². The molecule has 0 aromatic carbocycles.